The zero-order chi connectivity index (χ0) is 19.1. The van der Waals surface area contributed by atoms with Crippen molar-refractivity contribution in [1.29, 1.82) is 0 Å². The van der Waals surface area contributed by atoms with Crippen molar-refractivity contribution in [2.24, 2.45) is 0 Å². The first-order valence-corrected chi connectivity index (χ1v) is 8.91. The van der Waals surface area contributed by atoms with Crippen LogP contribution in [0.1, 0.15) is 39.6 Å². The number of amides is 2. The molecule has 27 heavy (non-hydrogen) atoms. The van der Waals surface area contributed by atoms with Gasteiger partial charge in [-0.1, -0.05) is 18.2 Å². The maximum Gasteiger partial charge on any atom is 0.255 e. The fraction of sp³-hybridized carbons (Fsp3) is 0.368. The van der Waals surface area contributed by atoms with E-state index < -0.39 is 0 Å². The Morgan fingerprint density at radius 3 is 2.85 bits per heavy atom. The molecule has 8 heteroatoms. The summed E-state index contributed by atoms with van der Waals surface area (Å²) < 4.78 is 0. The zero-order valence-corrected chi connectivity index (χ0v) is 15.3. The van der Waals surface area contributed by atoms with Crippen LogP contribution in [-0.2, 0) is 17.8 Å². The van der Waals surface area contributed by atoms with E-state index in [4.69, 9.17) is 0 Å². The van der Waals surface area contributed by atoms with Crippen molar-refractivity contribution in [1.82, 2.24) is 20.2 Å². The second-order valence-electron chi connectivity index (χ2n) is 7.09. The van der Waals surface area contributed by atoms with E-state index in [2.05, 4.69) is 15.3 Å². The normalized spacial score (nSPS) is 17.9. The SMILES string of the molecule is CN(C)c1nc2c(c(=O)[nH]1)CCN(C(=O)C[C@H]1NC(=O)c3ccccc31)C2. The van der Waals surface area contributed by atoms with Gasteiger partial charge in [0.05, 0.1) is 24.7 Å². The fourth-order valence-electron chi connectivity index (χ4n) is 3.64. The summed E-state index contributed by atoms with van der Waals surface area (Å²) in [7, 11) is 3.60. The minimum Gasteiger partial charge on any atom is -0.348 e. The van der Waals surface area contributed by atoms with Crippen molar-refractivity contribution in [2.75, 3.05) is 25.5 Å². The summed E-state index contributed by atoms with van der Waals surface area (Å²) in [6.45, 7) is 0.779. The van der Waals surface area contributed by atoms with Gasteiger partial charge in [0.2, 0.25) is 11.9 Å². The Balaban J connectivity index is 1.52. The summed E-state index contributed by atoms with van der Waals surface area (Å²) in [5.74, 6) is 0.275. The van der Waals surface area contributed by atoms with Crippen molar-refractivity contribution in [3.05, 3.63) is 57.0 Å². The Bertz CT molecular complexity index is 982. The van der Waals surface area contributed by atoms with Gasteiger partial charge in [0.15, 0.2) is 0 Å². The van der Waals surface area contributed by atoms with Gasteiger partial charge in [-0.05, 0) is 18.1 Å². The Labute approximate surface area is 156 Å². The molecule has 0 aliphatic carbocycles. The lowest BCUT2D eigenvalue weighted by molar-refractivity contribution is -0.132. The highest BCUT2D eigenvalue weighted by Gasteiger charge is 2.32. The third-order valence-electron chi connectivity index (χ3n) is 5.10. The predicted octanol–water partition coefficient (Wildman–Crippen LogP) is 0.595. The van der Waals surface area contributed by atoms with E-state index in [-0.39, 0.29) is 29.8 Å². The van der Waals surface area contributed by atoms with E-state index in [1.54, 1.807) is 30.0 Å². The Hall–Kier alpha value is -3.16. The number of benzene rings is 1. The van der Waals surface area contributed by atoms with Crippen molar-refractivity contribution in [2.45, 2.75) is 25.4 Å². The molecule has 2 aliphatic rings. The van der Waals surface area contributed by atoms with Gasteiger partial charge in [-0.3, -0.25) is 19.4 Å². The second kappa shape index (κ2) is 6.53. The van der Waals surface area contributed by atoms with Gasteiger partial charge in [-0.25, -0.2) is 4.98 Å². The van der Waals surface area contributed by atoms with Crippen LogP contribution in [0.2, 0.25) is 0 Å². The summed E-state index contributed by atoms with van der Waals surface area (Å²) in [5.41, 5.74) is 2.62. The molecule has 0 unspecified atom stereocenters. The predicted molar refractivity (Wildman–Crippen MR) is 99.6 cm³/mol. The van der Waals surface area contributed by atoms with Crippen LogP contribution < -0.4 is 15.8 Å². The average molecular weight is 367 g/mol. The highest BCUT2D eigenvalue weighted by Crippen LogP contribution is 2.28. The monoisotopic (exact) mass is 367 g/mol. The number of nitrogens with one attached hydrogen (secondary N) is 2. The van der Waals surface area contributed by atoms with Crippen LogP contribution >= 0.6 is 0 Å². The van der Waals surface area contributed by atoms with E-state index >= 15 is 0 Å². The number of anilines is 1. The number of nitrogens with zero attached hydrogens (tertiary/aromatic N) is 3. The van der Waals surface area contributed by atoms with E-state index in [0.717, 1.165) is 5.56 Å². The molecule has 8 nitrogen and oxygen atoms in total. The van der Waals surface area contributed by atoms with Gasteiger partial charge < -0.3 is 15.1 Å². The van der Waals surface area contributed by atoms with Crippen molar-refractivity contribution in [3.63, 3.8) is 0 Å². The van der Waals surface area contributed by atoms with Crippen LogP contribution in [0.5, 0.6) is 0 Å². The minimum atomic E-state index is -0.313. The Kier molecular flexibility index (Phi) is 4.18. The first kappa shape index (κ1) is 17.3. The van der Waals surface area contributed by atoms with Crippen LogP contribution in [0.4, 0.5) is 5.95 Å². The number of H-pyrrole nitrogens is 1. The number of carbonyl (C=O) groups excluding carboxylic acids is 2. The summed E-state index contributed by atoms with van der Waals surface area (Å²) in [6, 6.07) is 7.02. The second-order valence-corrected chi connectivity index (χ2v) is 7.09. The van der Waals surface area contributed by atoms with Crippen molar-refractivity contribution < 1.29 is 9.59 Å². The first-order valence-electron chi connectivity index (χ1n) is 8.91. The summed E-state index contributed by atoms with van der Waals surface area (Å²) in [5, 5.41) is 2.88. The smallest absolute Gasteiger partial charge is 0.255 e. The van der Waals surface area contributed by atoms with Gasteiger partial charge in [-0.2, -0.15) is 0 Å². The van der Waals surface area contributed by atoms with Gasteiger partial charge >= 0.3 is 0 Å². The summed E-state index contributed by atoms with van der Waals surface area (Å²) >= 11 is 0. The topological polar surface area (TPSA) is 98.4 Å². The lowest BCUT2D eigenvalue weighted by Gasteiger charge is -2.29. The maximum absolute atomic E-state index is 12.8. The van der Waals surface area contributed by atoms with Crippen LogP contribution in [0, 0.1) is 0 Å². The van der Waals surface area contributed by atoms with Crippen LogP contribution in [0.15, 0.2) is 29.1 Å². The average Bonchev–Trinajstić information content (AvgIpc) is 2.97. The quantitative estimate of drug-likeness (QED) is 0.828. The van der Waals surface area contributed by atoms with Gasteiger partial charge in [-0.15, -0.1) is 0 Å². The molecule has 0 radical (unpaired) electrons. The van der Waals surface area contributed by atoms with Crippen LogP contribution in [0.25, 0.3) is 0 Å². The number of hydrogen-bond donors (Lipinski definition) is 2. The summed E-state index contributed by atoms with van der Waals surface area (Å²) in [6.07, 6.45) is 0.673. The third-order valence-corrected chi connectivity index (χ3v) is 5.10. The number of hydrogen-bond acceptors (Lipinski definition) is 5. The molecule has 1 atom stereocenters. The lowest BCUT2D eigenvalue weighted by atomic mass is 10.0. The third kappa shape index (κ3) is 3.07. The Morgan fingerprint density at radius 1 is 1.30 bits per heavy atom. The first-order chi connectivity index (χ1) is 12.9. The molecule has 4 rings (SSSR count). The van der Waals surface area contributed by atoms with E-state index in [0.29, 0.717) is 42.3 Å². The molecule has 2 N–H and O–H groups in total. The molecule has 1 aromatic heterocycles. The fourth-order valence-corrected chi connectivity index (χ4v) is 3.64. The van der Waals surface area contributed by atoms with Gasteiger partial charge in [0.25, 0.3) is 11.5 Å². The minimum absolute atomic E-state index is 0.0591. The van der Waals surface area contributed by atoms with E-state index in [9.17, 15) is 14.4 Å². The highest BCUT2D eigenvalue weighted by molar-refractivity contribution is 5.99. The van der Waals surface area contributed by atoms with Gasteiger partial charge in [0.1, 0.15) is 0 Å². The largest absolute Gasteiger partial charge is 0.348 e. The molecule has 0 saturated carbocycles. The van der Waals surface area contributed by atoms with E-state index in [1.807, 2.05) is 18.2 Å². The number of carbonyl (C=O) groups is 2. The molecule has 0 fully saturated rings. The molecule has 0 saturated heterocycles. The summed E-state index contributed by atoms with van der Waals surface area (Å²) in [4.78, 5) is 47.8. The molecular weight excluding hydrogens is 346 g/mol. The zero-order valence-electron chi connectivity index (χ0n) is 15.3. The lowest BCUT2D eigenvalue weighted by Crippen LogP contribution is -2.40. The van der Waals surface area contributed by atoms with Crippen molar-refractivity contribution in [3.8, 4) is 0 Å². The Morgan fingerprint density at radius 2 is 2.07 bits per heavy atom. The molecule has 2 amide bonds. The molecule has 1 aromatic carbocycles. The molecule has 140 valence electrons. The molecule has 0 spiro atoms. The molecule has 0 bridgehead atoms. The van der Waals surface area contributed by atoms with Gasteiger partial charge in [0, 0.05) is 31.8 Å². The number of aromatic nitrogens is 2. The number of aromatic amines is 1. The van der Waals surface area contributed by atoms with Crippen molar-refractivity contribution >= 4 is 17.8 Å². The standard InChI is InChI=1S/C19H21N5O3/c1-23(2)19-21-15-10-24(8-7-13(15)18(27)22-19)16(25)9-14-11-5-3-4-6-12(11)17(26)20-14/h3-6,14H,7-10H2,1-2H3,(H,20,26)(H,21,22,27)/t14-/m1/s1. The number of rotatable bonds is 3. The maximum atomic E-state index is 12.8. The molecule has 2 aliphatic heterocycles. The van der Waals surface area contributed by atoms with E-state index in [1.165, 1.54) is 0 Å². The van der Waals surface area contributed by atoms with Crippen LogP contribution in [-0.4, -0.2) is 47.3 Å². The number of fused-ring (bicyclic) bond motifs is 2. The molecule has 2 aromatic rings. The molecular formula is C19H21N5O3. The molecule has 3 heterocycles. The van der Waals surface area contributed by atoms with Crippen LogP contribution in [0.3, 0.4) is 0 Å². The highest BCUT2D eigenvalue weighted by atomic mass is 16.2.